The number of amides is 1. The Balaban J connectivity index is 2.74. The van der Waals surface area contributed by atoms with E-state index in [1.54, 1.807) is 26.0 Å². The fraction of sp³-hybridized carbons (Fsp3) is 0.533. The summed E-state index contributed by atoms with van der Waals surface area (Å²) in [6.45, 7) is 9.16. The molecule has 19 heavy (non-hydrogen) atoms. The second kappa shape index (κ2) is 6.57. The molecule has 1 aromatic rings. The Hall–Kier alpha value is -1.55. The van der Waals surface area contributed by atoms with Crippen molar-refractivity contribution in [2.75, 3.05) is 0 Å². The summed E-state index contributed by atoms with van der Waals surface area (Å²) < 4.78 is 5.65. The second-order valence-corrected chi connectivity index (χ2v) is 5.12. The van der Waals surface area contributed by atoms with Crippen LogP contribution in [-0.4, -0.2) is 23.2 Å². The largest absolute Gasteiger partial charge is 0.481 e. The molecule has 0 fully saturated rings. The number of aliphatic hydroxyl groups is 1. The number of rotatable bonds is 5. The number of ether oxygens (including phenoxy) is 1. The Bertz CT molecular complexity index is 441. The van der Waals surface area contributed by atoms with E-state index < -0.39 is 12.2 Å². The minimum Gasteiger partial charge on any atom is -0.481 e. The van der Waals surface area contributed by atoms with Crippen LogP contribution < -0.4 is 10.1 Å². The number of hydrogen-bond acceptors (Lipinski definition) is 3. The van der Waals surface area contributed by atoms with E-state index >= 15 is 0 Å². The van der Waals surface area contributed by atoms with E-state index in [0.29, 0.717) is 5.75 Å². The molecular weight excluding hydrogens is 242 g/mol. The van der Waals surface area contributed by atoms with Crippen molar-refractivity contribution in [3.63, 3.8) is 0 Å². The highest BCUT2D eigenvalue weighted by Crippen LogP contribution is 2.23. The molecule has 0 saturated heterocycles. The molecule has 0 aromatic heterocycles. The molecule has 2 atom stereocenters. The molecule has 106 valence electrons. The van der Waals surface area contributed by atoms with Crippen LogP contribution >= 0.6 is 0 Å². The van der Waals surface area contributed by atoms with Gasteiger partial charge in [0.1, 0.15) is 5.75 Å². The van der Waals surface area contributed by atoms with Gasteiger partial charge in [0.05, 0.1) is 6.10 Å². The third-order valence-electron chi connectivity index (χ3n) is 2.79. The summed E-state index contributed by atoms with van der Waals surface area (Å²) in [5.74, 6) is 0.532. The van der Waals surface area contributed by atoms with E-state index in [4.69, 9.17) is 4.74 Å². The Morgan fingerprint density at radius 1 is 1.26 bits per heavy atom. The zero-order valence-corrected chi connectivity index (χ0v) is 12.2. The first-order valence-electron chi connectivity index (χ1n) is 6.57. The summed E-state index contributed by atoms with van der Waals surface area (Å²) in [5.41, 5.74) is 1.74. The number of carbonyl (C=O) groups is 1. The minimum atomic E-state index is -0.543. The predicted octanol–water partition coefficient (Wildman–Crippen LogP) is 2.34. The van der Waals surface area contributed by atoms with Gasteiger partial charge in [-0.2, -0.15) is 0 Å². The van der Waals surface area contributed by atoms with Crippen LogP contribution in [-0.2, 0) is 4.79 Å². The van der Waals surface area contributed by atoms with Gasteiger partial charge in [-0.05, 0) is 57.9 Å². The molecule has 1 rings (SSSR count). The summed E-state index contributed by atoms with van der Waals surface area (Å²) in [6.07, 6.45) is -1.05. The average molecular weight is 265 g/mol. The molecule has 0 bridgehead atoms. The molecule has 4 nitrogen and oxygen atoms in total. The predicted molar refractivity (Wildman–Crippen MR) is 75.2 cm³/mol. The molecule has 0 radical (unpaired) electrons. The van der Waals surface area contributed by atoms with Crippen LogP contribution in [0.4, 0.5) is 0 Å². The van der Waals surface area contributed by atoms with Gasteiger partial charge in [0.15, 0.2) is 6.10 Å². The van der Waals surface area contributed by atoms with Crippen molar-refractivity contribution in [3.8, 4) is 5.75 Å². The standard InChI is InChI=1S/C15H23NO3/c1-9(2)16-15(18)12(5)19-14-7-6-13(11(4)17)8-10(14)3/h6-9,11-12,17H,1-5H3,(H,16,18)/t11-,12?/m0/s1. The van der Waals surface area contributed by atoms with E-state index in [1.807, 2.05) is 26.8 Å². The maximum absolute atomic E-state index is 11.8. The van der Waals surface area contributed by atoms with Gasteiger partial charge < -0.3 is 15.2 Å². The van der Waals surface area contributed by atoms with Gasteiger partial charge in [-0.25, -0.2) is 0 Å². The van der Waals surface area contributed by atoms with E-state index in [0.717, 1.165) is 11.1 Å². The monoisotopic (exact) mass is 265 g/mol. The van der Waals surface area contributed by atoms with Crippen molar-refractivity contribution in [1.29, 1.82) is 0 Å². The zero-order chi connectivity index (χ0) is 14.6. The Morgan fingerprint density at radius 2 is 1.89 bits per heavy atom. The van der Waals surface area contributed by atoms with Gasteiger partial charge in [-0.1, -0.05) is 6.07 Å². The first-order chi connectivity index (χ1) is 8.81. The normalized spacial score (nSPS) is 14.1. The van der Waals surface area contributed by atoms with Gasteiger partial charge in [-0.15, -0.1) is 0 Å². The van der Waals surface area contributed by atoms with Crippen LogP contribution in [0.3, 0.4) is 0 Å². The van der Waals surface area contributed by atoms with Crippen LogP contribution in [0.2, 0.25) is 0 Å². The SMILES string of the molecule is Cc1cc([C@H](C)O)ccc1OC(C)C(=O)NC(C)C. The third kappa shape index (κ3) is 4.56. The molecule has 1 aromatic carbocycles. The number of carbonyl (C=O) groups excluding carboxylic acids is 1. The van der Waals surface area contributed by atoms with Gasteiger partial charge in [-0.3, -0.25) is 4.79 Å². The molecule has 0 saturated carbocycles. The number of aryl methyl sites for hydroxylation is 1. The molecule has 1 amide bonds. The van der Waals surface area contributed by atoms with E-state index in [-0.39, 0.29) is 11.9 Å². The summed E-state index contributed by atoms with van der Waals surface area (Å²) in [7, 11) is 0. The van der Waals surface area contributed by atoms with E-state index in [2.05, 4.69) is 5.32 Å². The number of hydrogen-bond donors (Lipinski definition) is 2. The van der Waals surface area contributed by atoms with Crippen LogP contribution in [0, 0.1) is 6.92 Å². The lowest BCUT2D eigenvalue weighted by Gasteiger charge is -2.18. The summed E-state index contributed by atoms with van der Waals surface area (Å²) in [5, 5.41) is 12.3. The van der Waals surface area contributed by atoms with Crippen molar-refractivity contribution in [2.24, 2.45) is 0 Å². The molecule has 0 aliphatic rings. The zero-order valence-electron chi connectivity index (χ0n) is 12.2. The molecule has 0 aliphatic heterocycles. The highest BCUT2D eigenvalue weighted by Gasteiger charge is 2.16. The molecule has 0 heterocycles. The van der Waals surface area contributed by atoms with Gasteiger partial charge in [0.25, 0.3) is 5.91 Å². The number of aliphatic hydroxyl groups excluding tert-OH is 1. The Morgan fingerprint density at radius 3 is 2.37 bits per heavy atom. The van der Waals surface area contributed by atoms with Gasteiger partial charge in [0, 0.05) is 6.04 Å². The highest BCUT2D eigenvalue weighted by atomic mass is 16.5. The quantitative estimate of drug-likeness (QED) is 0.859. The Labute approximate surface area is 114 Å². The summed E-state index contributed by atoms with van der Waals surface area (Å²) in [6, 6.07) is 5.56. The lowest BCUT2D eigenvalue weighted by Crippen LogP contribution is -2.40. The molecule has 0 spiro atoms. The van der Waals surface area contributed by atoms with Crippen LogP contribution in [0.25, 0.3) is 0 Å². The van der Waals surface area contributed by atoms with Crippen molar-refractivity contribution in [1.82, 2.24) is 5.32 Å². The first-order valence-corrected chi connectivity index (χ1v) is 6.57. The molecule has 0 aliphatic carbocycles. The van der Waals surface area contributed by atoms with Crippen molar-refractivity contribution in [2.45, 2.75) is 52.9 Å². The average Bonchev–Trinajstić information content (AvgIpc) is 2.30. The minimum absolute atomic E-state index is 0.0947. The number of benzene rings is 1. The fourth-order valence-electron chi connectivity index (χ4n) is 1.71. The molecular formula is C15H23NO3. The highest BCUT2D eigenvalue weighted by molar-refractivity contribution is 5.80. The Kier molecular flexibility index (Phi) is 5.36. The van der Waals surface area contributed by atoms with Crippen molar-refractivity contribution in [3.05, 3.63) is 29.3 Å². The van der Waals surface area contributed by atoms with Crippen LogP contribution in [0.15, 0.2) is 18.2 Å². The lowest BCUT2D eigenvalue weighted by molar-refractivity contribution is -0.127. The summed E-state index contributed by atoms with van der Waals surface area (Å²) >= 11 is 0. The number of nitrogens with one attached hydrogen (secondary N) is 1. The second-order valence-electron chi connectivity index (χ2n) is 5.12. The van der Waals surface area contributed by atoms with E-state index in [1.165, 1.54) is 0 Å². The summed E-state index contributed by atoms with van der Waals surface area (Å²) in [4.78, 5) is 11.8. The van der Waals surface area contributed by atoms with Gasteiger partial charge >= 0.3 is 0 Å². The topological polar surface area (TPSA) is 58.6 Å². The molecule has 2 N–H and O–H groups in total. The maximum Gasteiger partial charge on any atom is 0.260 e. The smallest absolute Gasteiger partial charge is 0.260 e. The maximum atomic E-state index is 11.8. The lowest BCUT2D eigenvalue weighted by atomic mass is 10.1. The van der Waals surface area contributed by atoms with E-state index in [9.17, 15) is 9.90 Å². The first kappa shape index (κ1) is 15.5. The van der Waals surface area contributed by atoms with Crippen LogP contribution in [0.1, 0.15) is 44.9 Å². The van der Waals surface area contributed by atoms with Gasteiger partial charge in [0.2, 0.25) is 0 Å². The van der Waals surface area contributed by atoms with Crippen molar-refractivity contribution < 1.29 is 14.6 Å². The molecule has 1 unspecified atom stereocenters. The molecule has 4 heteroatoms. The van der Waals surface area contributed by atoms with Crippen molar-refractivity contribution >= 4 is 5.91 Å². The third-order valence-corrected chi connectivity index (χ3v) is 2.79. The fourth-order valence-corrected chi connectivity index (χ4v) is 1.71. The van der Waals surface area contributed by atoms with Crippen LogP contribution in [0.5, 0.6) is 5.75 Å².